The fourth-order valence-electron chi connectivity index (χ4n) is 2.17. The maximum absolute atomic E-state index is 11.9. The van der Waals surface area contributed by atoms with E-state index in [2.05, 4.69) is 5.32 Å². The van der Waals surface area contributed by atoms with Gasteiger partial charge in [-0.2, -0.15) is 0 Å². The largest absolute Gasteiger partial charge is 0.347 e. The van der Waals surface area contributed by atoms with Crippen molar-refractivity contribution in [3.05, 3.63) is 0 Å². The molecule has 104 valence electrons. The van der Waals surface area contributed by atoms with Crippen molar-refractivity contribution in [2.45, 2.75) is 38.6 Å². The van der Waals surface area contributed by atoms with E-state index >= 15 is 0 Å². The maximum Gasteiger partial charge on any atom is 0.238 e. The number of hydrogen-bond donors (Lipinski definition) is 1. The van der Waals surface area contributed by atoms with Gasteiger partial charge < -0.3 is 15.1 Å². The fourth-order valence-corrected chi connectivity index (χ4v) is 2.17. The van der Waals surface area contributed by atoms with Crippen LogP contribution in [0.15, 0.2) is 0 Å². The summed E-state index contributed by atoms with van der Waals surface area (Å²) in [5.74, 6) is 0.243. The zero-order valence-electron chi connectivity index (χ0n) is 11.7. The summed E-state index contributed by atoms with van der Waals surface area (Å²) in [4.78, 5) is 27.0. The SMILES string of the molecule is CC(NCCC(=O)N1CCCCC1)C(=O)N(C)C. The predicted molar refractivity (Wildman–Crippen MR) is 71.2 cm³/mol. The molecule has 1 heterocycles. The van der Waals surface area contributed by atoms with Gasteiger partial charge in [-0.15, -0.1) is 0 Å². The van der Waals surface area contributed by atoms with Gasteiger partial charge >= 0.3 is 0 Å². The molecule has 0 radical (unpaired) electrons. The molecule has 1 N–H and O–H groups in total. The molecule has 5 nitrogen and oxygen atoms in total. The molecule has 0 spiro atoms. The zero-order valence-corrected chi connectivity index (χ0v) is 11.7. The van der Waals surface area contributed by atoms with Crippen LogP contribution in [-0.4, -0.2) is 61.4 Å². The van der Waals surface area contributed by atoms with Crippen molar-refractivity contribution in [2.24, 2.45) is 0 Å². The quantitative estimate of drug-likeness (QED) is 0.776. The van der Waals surface area contributed by atoms with E-state index < -0.39 is 0 Å². The van der Waals surface area contributed by atoms with Gasteiger partial charge in [0.15, 0.2) is 0 Å². The summed E-state index contributed by atoms with van der Waals surface area (Å²) in [5, 5.41) is 3.10. The molecule has 18 heavy (non-hydrogen) atoms. The summed E-state index contributed by atoms with van der Waals surface area (Å²) in [5.41, 5.74) is 0. The van der Waals surface area contributed by atoms with Gasteiger partial charge in [-0.25, -0.2) is 0 Å². The molecule has 0 aromatic heterocycles. The first-order valence-corrected chi connectivity index (χ1v) is 6.74. The molecular formula is C13H25N3O2. The van der Waals surface area contributed by atoms with Gasteiger partial charge in [0, 0.05) is 40.2 Å². The van der Waals surface area contributed by atoms with E-state index in [4.69, 9.17) is 0 Å². The highest BCUT2D eigenvalue weighted by molar-refractivity contribution is 5.81. The number of likely N-dealkylation sites (N-methyl/N-ethyl adjacent to an activating group) is 1. The molecule has 1 atom stereocenters. The van der Waals surface area contributed by atoms with Crippen LogP contribution in [0.5, 0.6) is 0 Å². The molecule has 5 heteroatoms. The minimum atomic E-state index is -0.228. The minimum Gasteiger partial charge on any atom is -0.347 e. The lowest BCUT2D eigenvalue weighted by Gasteiger charge is -2.27. The Hall–Kier alpha value is -1.10. The first kappa shape index (κ1) is 15.0. The van der Waals surface area contributed by atoms with E-state index in [0.29, 0.717) is 13.0 Å². The second-order valence-electron chi connectivity index (χ2n) is 5.10. The van der Waals surface area contributed by atoms with Gasteiger partial charge in [-0.05, 0) is 26.2 Å². The number of nitrogens with one attached hydrogen (secondary N) is 1. The molecule has 0 bridgehead atoms. The van der Waals surface area contributed by atoms with Crippen LogP contribution in [0.25, 0.3) is 0 Å². The number of carbonyl (C=O) groups excluding carboxylic acids is 2. The lowest BCUT2D eigenvalue weighted by atomic mass is 10.1. The second-order valence-corrected chi connectivity index (χ2v) is 5.10. The molecule has 0 aromatic carbocycles. The summed E-state index contributed by atoms with van der Waals surface area (Å²) in [7, 11) is 3.47. The number of piperidine rings is 1. The van der Waals surface area contributed by atoms with Crippen molar-refractivity contribution in [1.29, 1.82) is 0 Å². The van der Waals surface area contributed by atoms with Gasteiger partial charge in [-0.1, -0.05) is 0 Å². The number of nitrogens with zero attached hydrogens (tertiary/aromatic N) is 2. The second kappa shape index (κ2) is 7.36. The lowest BCUT2D eigenvalue weighted by molar-refractivity contribution is -0.133. The Bertz CT molecular complexity index is 286. The Morgan fingerprint density at radius 1 is 1.22 bits per heavy atom. The molecular weight excluding hydrogens is 230 g/mol. The van der Waals surface area contributed by atoms with Crippen LogP contribution >= 0.6 is 0 Å². The monoisotopic (exact) mass is 255 g/mol. The Kier molecular flexibility index (Phi) is 6.12. The van der Waals surface area contributed by atoms with Gasteiger partial charge in [0.05, 0.1) is 6.04 Å². The highest BCUT2D eigenvalue weighted by Crippen LogP contribution is 2.09. The minimum absolute atomic E-state index is 0.0421. The average Bonchev–Trinajstić information content (AvgIpc) is 2.38. The molecule has 0 aromatic rings. The van der Waals surface area contributed by atoms with Crippen LogP contribution in [0.3, 0.4) is 0 Å². The predicted octanol–water partition coefficient (Wildman–Crippen LogP) is 0.455. The van der Waals surface area contributed by atoms with E-state index in [1.165, 1.54) is 6.42 Å². The van der Waals surface area contributed by atoms with Crippen LogP contribution < -0.4 is 5.32 Å². The van der Waals surface area contributed by atoms with Crippen molar-refractivity contribution in [1.82, 2.24) is 15.1 Å². The van der Waals surface area contributed by atoms with Gasteiger partial charge in [0.25, 0.3) is 0 Å². The number of amides is 2. The summed E-state index contributed by atoms with van der Waals surface area (Å²) in [6.45, 7) is 4.18. The first-order chi connectivity index (χ1) is 8.52. The Labute approximate surface area is 110 Å². The fraction of sp³-hybridized carbons (Fsp3) is 0.846. The molecule has 1 saturated heterocycles. The number of likely N-dealkylation sites (tertiary alicyclic amines) is 1. The summed E-state index contributed by atoms with van der Waals surface area (Å²) >= 11 is 0. The van der Waals surface area contributed by atoms with Crippen molar-refractivity contribution in [3.63, 3.8) is 0 Å². The number of carbonyl (C=O) groups is 2. The Morgan fingerprint density at radius 2 is 1.83 bits per heavy atom. The van der Waals surface area contributed by atoms with E-state index in [0.717, 1.165) is 25.9 Å². The van der Waals surface area contributed by atoms with Crippen molar-refractivity contribution in [2.75, 3.05) is 33.7 Å². The normalized spacial score (nSPS) is 17.4. The Morgan fingerprint density at radius 3 is 2.39 bits per heavy atom. The van der Waals surface area contributed by atoms with E-state index in [-0.39, 0.29) is 17.9 Å². The molecule has 1 aliphatic rings. The molecule has 2 amide bonds. The van der Waals surface area contributed by atoms with Gasteiger partial charge in [0.2, 0.25) is 11.8 Å². The molecule has 1 rings (SSSR count). The summed E-state index contributed by atoms with van der Waals surface area (Å²) in [6, 6.07) is -0.228. The van der Waals surface area contributed by atoms with Crippen molar-refractivity contribution >= 4 is 11.8 Å². The van der Waals surface area contributed by atoms with Gasteiger partial charge in [-0.3, -0.25) is 9.59 Å². The smallest absolute Gasteiger partial charge is 0.238 e. The molecule has 1 unspecified atom stereocenters. The highest BCUT2D eigenvalue weighted by Gasteiger charge is 2.17. The zero-order chi connectivity index (χ0) is 13.5. The van der Waals surface area contributed by atoms with Crippen LogP contribution in [0.2, 0.25) is 0 Å². The van der Waals surface area contributed by atoms with Crippen LogP contribution in [0, 0.1) is 0 Å². The van der Waals surface area contributed by atoms with Crippen LogP contribution in [0.1, 0.15) is 32.6 Å². The summed E-state index contributed by atoms with van der Waals surface area (Å²) in [6.07, 6.45) is 3.95. The molecule has 0 saturated carbocycles. The van der Waals surface area contributed by atoms with Gasteiger partial charge in [0.1, 0.15) is 0 Å². The number of hydrogen-bond acceptors (Lipinski definition) is 3. The third kappa shape index (κ3) is 4.64. The maximum atomic E-state index is 11.9. The first-order valence-electron chi connectivity index (χ1n) is 6.74. The van der Waals surface area contributed by atoms with Crippen LogP contribution in [-0.2, 0) is 9.59 Å². The molecule has 1 fully saturated rings. The highest BCUT2D eigenvalue weighted by atomic mass is 16.2. The average molecular weight is 255 g/mol. The lowest BCUT2D eigenvalue weighted by Crippen LogP contribution is -2.43. The van der Waals surface area contributed by atoms with E-state index in [9.17, 15) is 9.59 Å². The third-order valence-corrected chi connectivity index (χ3v) is 3.31. The topological polar surface area (TPSA) is 52.7 Å². The third-order valence-electron chi connectivity index (χ3n) is 3.31. The van der Waals surface area contributed by atoms with Crippen LogP contribution in [0.4, 0.5) is 0 Å². The Balaban J connectivity index is 2.20. The van der Waals surface area contributed by atoms with Crippen molar-refractivity contribution in [3.8, 4) is 0 Å². The molecule has 0 aliphatic carbocycles. The molecule has 1 aliphatic heterocycles. The number of rotatable bonds is 5. The standard InChI is InChI=1S/C13H25N3O2/c1-11(13(18)15(2)3)14-8-7-12(17)16-9-5-4-6-10-16/h11,14H,4-10H2,1-3H3. The summed E-state index contributed by atoms with van der Waals surface area (Å²) < 4.78 is 0. The van der Waals surface area contributed by atoms with E-state index in [1.807, 2.05) is 11.8 Å². The van der Waals surface area contributed by atoms with E-state index in [1.54, 1.807) is 19.0 Å². The van der Waals surface area contributed by atoms with Crippen molar-refractivity contribution < 1.29 is 9.59 Å².